The minimum atomic E-state index is -0.342. The maximum Gasteiger partial charge on any atom is 0.213 e. The van der Waals surface area contributed by atoms with Crippen molar-refractivity contribution in [2.75, 3.05) is 0 Å². The lowest BCUT2D eigenvalue weighted by Gasteiger charge is -2.24. The molecule has 4 nitrogen and oxygen atoms in total. The van der Waals surface area contributed by atoms with Crippen LogP contribution in [-0.4, -0.2) is 14.6 Å². The summed E-state index contributed by atoms with van der Waals surface area (Å²) in [5.74, 6) is 0. The van der Waals surface area contributed by atoms with Gasteiger partial charge in [-0.15, -0.1) is 5.10 Å². The van der Waals surface area contributed by atoms with Gasteiger partial charge >= 0.3 is 0 Å². The zero-order valence-electron chi connectivity index (χ0n) is 9.54. The quantitative estimate of drug-likeness (QED) is 0.751. The van der Waals surface area contributed by atoms with Gasteiger partial charge in [-0.3, -0.25) is 0 Å². The highest BCUT2D eigenvalue weighted by molar-refractivity contribution is 9.11. The molecule has 16 heavy (non-hydrogen) atoms. The fourth-order valence-corrected chi connectivity index (χ4v) is 3.64. The van der Waals surface area contributed by atoms with E-state index in [0.29, 0.717) is 0 Å². The van der Waals surface area contributed by atoms with Crippen LogP contribution in [-0.2, 0) is 15.9 Å². The van der Waals surface area contributed by atoms with Crippen LogP contribution in [0, 0.1) is 0 Å². The second kappa shape index (κ2) is 2.86. The molecule has 0 unspecified atom stereocenters. The number of imidazole rings is 1. The fraction of sp³-hybridized carbons (Fsp3) is 0.600. The number of ether oxygens (including phenoxy) is 1. The highest BCUT2D eigenvalue weighted by atomic mass is 79.9. The highest BCUT2D eigenvalue weighted by Crippen LogP contribution is 2.46. The van der Waals surface area contributed by atoms with Gasteiger partial charge in [-0.2, -0.15) is 0 Å². The van der Waals surface area contributed by atoms with Crippen molar-refractivity contribution in [2.45, 2.75) is 38.9 Å². The van der Waals surface area contributed by atoms with Crippen LogP contribution in [0.5, 0.6) is 0 Å². The molecule has 0 aromatic carbocycles. The third kappa shape index (κ3) is 1.23. The molecule has 0 spiro atoms. The van der Waals surface area contributed by atoms with Crippen molar-refractivity contribution in [1.82, 2.24) is 14.6 Å². The van der Waals surface area contributed by atoms with E-state index < -0.39 is 0 Å². The average Bonchev–Trinajstić information content (AvgIpc) is 2.60. The number of halogens is 1. The van der Waals surface area contributed by atoms with E-state index in [1.54, 1.807) is 0 Å². The van der Waals surface area contributed by atoms with Gasteiger partial charge in [-0.1, -0.05) is 11.3 Å². The normalized spacial score (nSPS) is 21.6. The Morgan fingerprint density at radius 1 is 1.25 bits per heavy atom. The van der Waals surface area contributed by atoms with Crippen LogP contribution < -0.4 is 0 Å². The van der Waals surface area contributed by atoms with Crippen LogP contribution >= 0.6 is 27.3 Å². The largest absolute Gasteiger partial charge is 0.357 e. The monoisotopic (exact) mass is 301 g/mol. The van der Waals surface area contributed by atoms with Gasteiger partial charge in [0.1, 0.15) is 16.9 Å². The molecule has 0 radical (unpaired) electrons. The zero-order chi connectivity index (χ0) is 11.7. The van der Waals surface area contributed by atoms with Gasteiger partial charge in [0.2, 0.25) is 4.96 Å². The first-order chi connectivity index (χ1) is 7.31. The molecule has 3 heterocycles. The Labute approximate surface area is 106 Å². The van der Waals surface area contributed by atoms with Crippen LogP contribution in [0.1, 0.15) is 39.1 Å². The van der Waals surface area contributed by atoms with Crippen molar-refractivity contribution in [3.05, 3.63) is 15.3 Å². The van der Waals surface area contributed by atoms with Crippen molar-refractivity contribution < 1.29 is 4.74 Å². The molecule has 0 N–H and O–H groups in total. The van der Waals surface area contributed by atoms with Crippen LogP contribution in [0.15, 0.2) is 3.92 Å². The lowest BCUT2D eigenvalue weighted by atomic mass is 10.0. The summed E-state index contributed by atoms with van der Waals surface area (Å²) in [6.45, 7) is 8.21. The minimum absolute atomic E-state index is 0.335. The van der Waals surface area contributed by atoms with Gasteiger partial charge in [0.25, 0.3) is 0 Å². The molecule has 6 heteroatoms. The number of rotatable bonds is 0. The SMILES string of the molecule is CC1(C)OC(C)(C)c2c1nc1sc(Br)nn21. The van der Waals surface area contributed by atoms with Crippen molar-refractivity contribution in [1.29, 1.82) is 0 Å². The predicted octanol–water partition coefficient (Wildman–Crippen LogP) is 3.05. The van der Waals surface area contributed by atoms with Crippen LogP contribution in [0.2, 0.25) is 0 Å². The Kier molecular flexibility index (Phi) is 1.91. The highest BCUT2D eigenvalue weighted by Gasteiger charge is 2.48. The molecule has 0 bridgehead atoms. The third-order valence-electron chi connectivity index (χ3n) is 2.83. The Hall–Kier alpha value is -0.460. The Bertz CT molecular complexity index is 584. The van der Waals surface area contributed by atoms with E-state index >= 15 is 0 Å². The summed E-state index contributed by atoms with van der Waals surface area (Å²) in [5, 5.41) is 4.42. The second-order valence-electron chi connectivity index (χ2n) is 4.98. The first-order valence-corrected chi connectivity index (χ1v) is 6.68. The molecule has 86 valence electrons. The van der Waals surface area contributed by atoms with Gasteiger partial charge < -0.3 is 4.74 Å². The Balaban J connectivity index is 2.39. The summed E-state index contributed by atoms with van der Waals surface area (Å²) in [6, 6.07) is 0. The summed E-state index contributed by atoms with van der Waals surface area (Å²) in [4.78, 5) is 5.54. The maximum absolute atomic E-state index is 6.03. The van der Waals surface area contributed by atoms with Crippen LogP contribution in [0.25, 0.3) is 4.96 Å². The Morgan fingerprint density at radius 3 is 2.62 bits per heavy atom. The lowest BCUT2D eigenvalue weighted by Crippen LogP contribution is -2.24. The number of fused-ring (bicyclic) bond motifs is 3. The zero-order valence-corrected chi connectivity index (χ0v) is 11.9. The summed E-state index contributed by atoms with van der Waals surface area (Å²) >= 11 is 4.92. The molecule has 0 fully saturated rings. The number of nitrogens with zero attached hydrogens (tertiary/aromatic N) is 3. The fourth-order valence-electron chi connectivity index (χ4n) is 2.42. The molecule has 0 amide bonds. The van der Waals surface area contributed by atoms with Crippen molar-refractivity contribution in [2.24, 2.45) is 0 Å². The summed E-state index contributed by atoms with van der Waals surface area (Å²) in [6.07, 6.45) is 0. The van der Waals surface area contributed by atoms with E-state index in [2.05, 4.69) is 39.9 Å². The van der Waals surface area contributed by atoms with Crippen LogP contribution in [0.3, 0.4) is 0 Å². The van der Waals surface area contributed by atoms with Gasteiger partial charge in [0.05, 0.1) is 5.69 Å². The molecule has 2 aromatic heterocycles. The molecule has 0 saturated carbocycles. The lowest BCUT2D eigenvalue weighted by molar-refractivity contribution is -0.108. The first kappa shape index (κ1) is 10.7. The molecule has 1 aliphatic heterocycles. The smallest absolute Gasteiger partial charge is 0.213 e. The van der Waals surface area contributed by atoms with E-state index in [9.17, 15) is 0 Å². The summed E-state index contributed by atoms with van der Waals surface area (Å²) < 4.78 is 8.76. The van der Waals surface area contributed by atoms with E-state index in [0.717, 1.165) is 20.3 Å². The third-order valence-corrected chi connectivity index (χ3v) is 4.17. The summed E-state index contributed by atoms with van der Waals surface area (Å²) in [5.41, 5.74) is 1.39. The van der Waals surface area contributed by atoms with Crippen LogP contribution in [0.4, 0.5) is 0 Å². The van der Waals surface area contributed by atoms with E-state index in [-0.39, 0.29) is 11.2 Å². The number of hydrogen-bond acceptors (Lipinski definition) is 4. The molecule has 0 saturated heterocycles. The summed E-state index contributed by atoms with van der Waals surface area (Å²) in [7, 11) is 0. The second-order valence-corrected chi connectivity index (χ2v) is 7.21. The van der Waals surface area contributed by atoms with Gasteiger partial charge in [-0.25, -0.2) is 9.50 Å². The average molecular weight is 302 g/mol. The van der Waals surface area contributed by atoms with Gasteiger partial charge in [0.15, 0.2) is 3.92 Å². The van der Waals surface area contributed by atoms with Crippen molar-refractivity contribution >= 4 is 32.2 Å². The minimum Gasteiger partial charge on any atom is -0.357 e. The molecular formula is C10H12BrN3OS. The molecule has 0 atom stereocenters. The topological polar surface area (TPSA) is 39.4 Å². The predicted molar refractivity (Wildman–Crippen MR) is 65.7 cm³/mol. The van der Waals surface area contributed by atoms with Gasteiger partial charge in [-0.05, 0) is 43.6 Å². The molecule has 1 aliphatic rings. The molecule has 0 aliphatic carbocycles. The number of aromatic nitrogens is 3. The first-order valence-electron chi connectivity index (χ1n) is 5.07. The van der Waals surface area contributed by atoms with E-state index in [1.807, 2.05) is 18.4 Å². The Morgan fingerprint density at radius 2 is 1.94 bits per heavy atom. The van der Waals surface area contributed by atoms with E-state index in [4.69, 9.17) is 4.74 Å². The van der Waals surface area contributed by atoms with Gasteiger partial charge in [0, 0.05) is 0 Å². The van der Waals surface area contributed by atoms with E-state index in [1.165, 1.54) is 11.3 Å². The number of hydrogen-bond donors (Lipinski definition) is 0. The molecular weight excluding hydrogens is 290 g/mol. The molecule has 2 aromatic rings. The van der Waals surface area contributed by atoms with Crippen molar-refractivity contribution in [3.8, 4) is 0 Å². The standard InChI is InChI=1S/C10H12BrN3OS/c1-9(2)5-6(10(3,4)15-9)14-8(12-5)16-7(11)13-14/h1-4H3. The van der Waals surface area contributed by atoms with Crippen molar-refractivity contribution in [3.63, 3.8) is 0 Å². The molecule has 3 rings (SSSR count). The maximum atomic E-state index is 6.03.